The van der Waals surface area contributed by atoms with Crippen molar-refractivity contribution in [3.8, 4) is 5.75 Å². The van der Waals surface area contributed by atoms with Crippen LogP contribution in [0.2, 0.25) is 0 Å². The third-order valence-corrected chi connectivity index (χ3v) is 5.36. The second-order valence-corrected chi connectivity index (χ2v) is 7.18. The van der Waals surface area contributed by atoms with Gasteiger partial charge in [-0.05, 0) is 48.9 Å². The lowest BCUT2D eigenvalue weighted by Gasteiger charge is -2.31. The molecule has 0 bridgehead atoms. The van der Waals surface area contributed by atoms with E-state index in [0.717, 1.165) is 10.4 Å². The summed E-state index contributed by atoms with van der Waals surface area (Å²) in [6, 6.07) is 9.44. The molecule has 0 saturated carbocycles. The van der Waals surface area contributed by atoms with E-state index >= 15 is 0 Å². The lowest BCUT2D eigenvalue weighted by atomic mass is 9.95. The Hall–Kier alpha value is -2.34. The molecule has 0 aliphatic carbocycles. The number of methoxy groups -OCH3 is 1. The van der Waals surface area contributed by atoms with Crippen molar-refractivity contribution in [2.45, 2.75) is 19.8 Å². The molecule has 2 amide bonds. The number of piperidine rings is 1. The Kier molecular flexibility index (Phi) is 5.38. The Morgan fingerprint density at radius 1 is 1.24 bits per heavy atom. The molecule has 5 nitrogen and oxygen atoms in total. The van der Waals surface area contributed by atoms with Crippen molar-refractivity contribution in [2.24, 2.45) is 5.92 Å². The van der Waals surface area contributed by atoms with Crippen molar-refractivity contribution >= 4 is 28.8 Å². The summed E-state index contributed by atoms with van der Waals surface area (Å²) in [5.74, 6) is 0.628. The Labute approximate surface area is 151 Å². The van der Waals surface area contributed by atoms with Crippen molar-refractivity contribution < 1.29 is 14.3 Å². The molecule has 1 saturated heterocycles. The maximum atomic E-state index is 12.6. The number of anilines is 1. The van der Waals surface area contributed by atoms with Crippen LogP contribution in [-0.2, 0) is 4.79 Å². The number of rotatable bonds is 4. The van der Waals surface area contributed by atoms with Gasteiger partial charge in [0.2, 0.25) is 5.91 Å². The zero-order valence-electron chi connectivity index (χ0n) is 14.5. The van der Waals surface area contributed by atoms with Gasteiger partial charge in [0.1, 0.15) is 5.75 Å². The van der Waals surface area contributed by atoms with Crippen LogP contribution in [0.5, 0.6) is 5.75 Å². The number of carbonyl (C=O) groups excluding carboxylic acids is 2. The van der Waals surface area contributed by atoms with Crippen LogP contribution in [0.1, 0.15) is 28.1 Å². The Morgan fingerprint density at radius 2 is 2.00 bits per heavy atom. The van der Waals surface area contributed by atoms with Gasteiger partial charge in [0.15, 0.2) is 0 Å². The van der Waals surface area contributed by atoms with Gasteiger partial charge in [0, 0.05) is 19.0 Å². The predicted molar refractivity (Wildman–Crippen MR) is 99.3 cm³/mol. The molecule has 2 heterocycles. The first-order valence-corrected chi connectivity index (χ1v) is 9.24. The molecular formula is C19H22N2O3S. The minimum atomic E-state index is -0.0856. The number of ether oxygens (including phenoxy) is 1. The Morgan fingerprint density at radius 3 is 2.64 bits per heavy atom. The number of hydrogen-bond donors (Lipinski definition) is 1. The van der Waals surface area contributed by atoms with Gasteiger partial charge in [-0.1, -0.05) is 12.1 Å². The summed E-state index contributed by atoms with van der Waals surface area (Å²) in [5.41, 5.74) is 1.76. The zero-order valence-corrected chi connectivity index (χ0v) is 15.3. The van der Waals surface area contributed by atoms with Crippen LogP contribution in [-0.4, -0.2) is 36.9 Å². The fraction of sp³-hybridized carbons (Fsp3) is 0.368. The van der Waals surface area contributed by atoms with Gasteiger partial charge >= 0.3 is 0 Å². The fourth-order valence-electron chi connectivity index (χ4n) is 3.06. The topological polar surface area (TPSA) is 58.6 Å². The predicted octanol–water partition coefficient (Wildman–Crippen LogP) is 3.56. The number of likely N-dealkylation sites (tertiary alicyclic amines) is 1. The smallest absolute Gasteiger partial charge is 0.263 e. The highest BCUT2D eigenvalue weighted by atomic mass is 32.1. The van der Waals surface area contributed by atoms with Crippen molar-refractivity contribution in [2.75, 3.05) is 25.5 Å². The molecule has 1 aliphatic rings. The molecule has 2 aromatic rings. The third-order valence-electron chi connectivity index (χ3n) is 4.50. The van der Waals surface area contributed by atoms with Crippen LogP contribution in [0.15, 0.2) is 35.7 Å². The molecule has 25 heavy (non-hydrogen) atoms. The first-order chi connectivity index (χ1) is 12.1. The normalized spacial score (nSPS) is 15.0. The van der Waals surface area contributed by atoms with Gasteiger partial charge in [-0.2, -0.15) is 0 Å². The van der Waals surface area contributed by atoms with Gasteiger partial charge < -0.3 is 15.0 Å². The van der Waals surface area contributed by atoms with E-state index in [-0.39, 0.29) is 17.7 Å². The summed E-state index contributed by atoms with van der Waals surface area (Å²) in [6.07, 6.45) is 1.36. The minimum Gasteiger partial charge on any atom is -0.495 e. The largest absolute Gasteiger partial charge is 0.495 e. The van der Waals surface area contributed by atoms with Crippen molar-refractivity contribution in [3.63, 3.8) is 0 Å². The van der Waals surface area contributed by atoms with E-state index < -0.39 is 0 Å². The molecule has 0 radical (unpaired) electrons. The van der Waals surface area contributed by atoms with E-state index in [0.29, 0.717) is 37.4 Å². The number of nitrogens with one attached hydrogen (secondary N) is 1. The average Bonchev–Trinajstić information content (AvgIpc) is 3.16. The number of carbonyl (C=O) groups is 2. The van der Waals surface area contributed by atoms with Gasteiger partial charge in [0.25, 0.3) is 5.91 Å². The molecule has 0 unspecified atom stereocenters. The summed E-state index contributed by atoms with van der Waals surface area (Å²) in [6.45, 7) is 3.20. The maximum Gasteiger partial charge on any atom is 0.263 e. The van der Waals surface area contributed by atoms with Gasteiger partial charge in [0.05, 0.1) is 17.7 Å². The summed E-state index contributed by atoms with van der Waals surface area (Å²) >= 11 is 1.45. The number of benzene rings is 1. The minimum absolute atomic E-state index is 0.00729. The second kappa shape index (κ2) is 7.70. The lowest BCUT2D eigenvalue weighted by molar-refractivity contribution is -0.121. The summed E-state index contributed by atoms with van der Waals surface area (Å²) in [7, 11) is 1.59. The van der Waals surface area contributed by atoms with Crippen molar-refractivity contribution in [1.29, 1.82) is 0 Å². The third kappa shape index (κ3) is 4.02. The molecule has 0 atom stereocenters. The quantitative estimate of drug-likeness (QED) is 0.909. The van der Waals surface area contributed by atoms with E-state index in [9.17, 15) is 9.59 Å². The molecule has 6 heteroatoms. The van der Waals surface area contributed by atoms with Gasteiger partial charge in [-0.15, -0.1) is 11.3 Å². The first-order valence-electron chi connectivity index (χ1n) is 8.37. The molecule has 0 spiro atoms. The molecule has 1 aromatic carbocycles. The fourth-order valence-corrected chi connectivity index (χ4v) is 3.75. The molecule has 1 aliphatic heterocycles. The molecule has 1 aromatic heterocycles. The van der Waals surface area contributed by atoms with E-state index in [4.69, 9.17) is 4.74 Å². The summed E-state index contributed by atoms with van der Waals surface area (Å²) < 4.78 is 5.31. The first kappa shape index (κ1) is 17.5. The van der Waals surface area contributed by atoms with Crippen LogP contribution in [0.4, 0.5) is 5.69 Å². The highest BCUT2D eigenvalue weighted by molar-refractivity contribution is 7.12. The SMILES string of the molecule is COc1ccc(C)cc1NC(=O)C1CCN(C(=O)c2cccs2)CC1. The average molecular weight is 358 g/mol. The highest BCUT2D eigenvalue weighted by Crippen LogP contribution is 2.27. The number of aryl methyl sites for hydroxylation is 1. The van der Waals surface area contributed by atoms with Gasteiger partial charge in [-0.3, -0.25) is 9.59 Å². The molecule has 1 fully saturated rings. The van der Waals surface area contributed by atoms with Crippen LogP contribution >= 0.6 is 11.3 Å². The van der Waals surface area contributed by atoms with Crippen molar-refractivity contribution in [1.82, 2.24) is 4.90 Å². The molecule has 1 N–H and O–H groups in total. The Bertz CT molecular complexity index is 750. The number of hydrogen-bond acceptors (Lipinski definition) is 4. The standard InChI is InChI=1S/C19H22N2O3S/c1-13-5-6-16(24-2)15(12-13)20-18(22)14-7-9-21(10-8-14)19(23)17-4-3-11-25-17/h3-6,11-12,14H,7-10H2,1-2H3,(H,20,22). The van der Waals surface area contributed by atoms with E-state index in [2.05, 4.69) is 5.32 Å². The molecular weight excluding hydrogens is 336 g/mol. The number of amides is 2. The van der Waals surface area contributed by atoms with E-state index in [1.807, 2.05) is 47.5 Å². The highest BCUT2D eigenvalue weighted by Gasteiger charge is 2.28. The lowest BCUT2D eigenvalue weighted by Crippen LogP contribution is -2.41. The second-order valence-electron chi connectivity index (χ2n) is 6.24. The molecule has 132 valence electrons. The van der Waals surface area contributed by atoms with Crippen LogP contribution < -0.4 is 10.1 Å². The number of thiophene rings is 1. The van der Waals surface area contributed by atoms with Gasteiger partial charge in [-0.25, -0.2) is 0 Å². The number of nitrogens with zero attached hydrogens (tertiary/aromatic N) is 1. The monoisotopic (exact) mass is 358 g/mol. The molecule has 3 rings (SSSR count). The van der Waals surface area contributed by atoms with Crippen LogP contribution in [0, 0.1) is 12.8 Å². The van der Waals surface area contributed by atoms with Crippen LogP contribution in [0.3, 0.4) is 0 Å². The van der Waals surface area contributed by atoms with E-state index in [1.165, 1.54) is 11.3 Å². The van der Waals surface area contributed by atoms with Crippen molar-refractivity contribution in [3.05, 3.63) is 46.2 Å². The summed E-state index contributed by atoms with van der Waals surface area (Å²) in [4.78, 5) is 27.5. The van der Waals surface area contributed by atoms with Crippen LogP contribution in [0.25, 0.3) is 0 Å². The summed E-state index contributed by atoms with van der Waals surface area (Å²) in [5, 5.41) is 4.88. The Balaban J connectivity index is 1.59. The zero-order chi connectivity index (χ0) is 17.8. The van der Waals surface area contributed by atoms with E-state index in [1.54, 1.807) is 7.11 Å². The maximum absolute atomic E-state index is 12.6.